The van der Waals surface area contributed by atoms with Crippen molar-refractivity contribution in [1.29, 1.82) is 0 Å². The quantitative estimate of drug-likeness (QED) is 0.308. The zero-order valence-corrected chi connectivity index (χ0v) is 23.4. The lowest BCUT2D eigenvalue weighted by Gasteiger charge is -2.41. The van der Waals surface area contributed by atoms with E-state index in [2.05, 4.69) is 27.4 Å². The van der Waals surface area contributed by atoms with E-state index in [1.807, 2.05) is 48.5 Å². The molecule has 8 nitrogen and oxygen atoms in total. The number of hydrogen-bond acceptors (Lipinski definition) is 8. The number of piperidine rings is 1. The van der Waals surface area contributed by atoms with E-state index in [4.69, 9.17) is 26.3 Å². The topological polar surface area (TPSA) is 95.2 Å². The van der Waals surface area contributed by atoms with Crippen LogP contribution in [0.4, 0.5) is 11.8 Å². The van der Waals surface area contributed by atoms with Gasteiger partial charge in [-0.25, -0.2) is 4.98 Å². The molecular formula is C27H30Cl2N6O2S. The lowest BCUT2D eigenvalue weighted by atomic mass is 9.94. The number of halogens is 2. The number of morpholine rings is 1. The Hall–Kier alpha value is -2.69. The molecule has 38 heavy (non-hydrogen) atoms. The molecule has 4 aromatic rings. The maximum atomic E-state index is 13.6. The van der Waals surface area contributed by atoms with Crippen molar-refractivity contribution in [2.45, 2.75) is 31.4 Å². The summed E-state index contributed by atoms with van der Waals surface area (Å²) in [6.07, 6.45) is 2.09. The minimum Gasteiger partial charge on any atom is -0.367 e. The number of thiazole rings is 1. The molecule has 200 valence electrons. The van der Waals surface area contributed by atoms with E-state index >= 15 is 0 Å². The average molecular weight is 574 g/mol. The van der Waals surface area contributed by atoms with Gasteiger partial charge in [-0.15, -0.1) is 23.7 Å². The Balaban J connectivity index is 0.00000294. The third-order valence-electron chi connectivity index (χ3n) is 7.08. The van der Waals surface area contributed by atoms with Crippen molar-refractivity contribution < 1.29 is 4.74 Å². The van der Waals surface area contributed by atoms with E-state index in [-0.39, 0.29) is 24.0 Å². The highest BCUT2D eigenvalue weighted by molar-refractivity contribution is 7.21. The Bertz CT molecular complexity index is 1440. The fraction of sp³-hybridized carbons (Fsp3) is 0.370. The van der Waals surface area contributed by atoms with Crippen molar-refractivity contribution in [3.63, 3.8) is 0 Å². The highest BCUT2D eigenvalue weighted by Gasteiger charge is 2.35. The average Bonchev–Trinajstić information content (AvgIpc) is 3.33. The first-order valence-corrected chi connectivity index (χ1v) is 13.8. The SMILES string of the molecule is CC1(c2ccc(Cl)cc2)CN(c2nc(NC3CCCNC3)c(-c3nc4ccccc4s3)c(=O)[nH]2)CCO1.Cl. The molecule has 0 aliphatic carbocycles. The number of anilines is 2. The number of benzene rings is 2. The number of para-hydroxylation sites is 1. The second-order valence-corrected chi connectivity index (χ2v) is 11.3. The van der Waals surface area contributed by atoms with Gasteiger partial charge in [0.2, 0.25) is 5.95 Å². The molecule has 2 aliphatic heterocycles. The van der Waals surface area contributed by atoms with Crippen LogP contribution in [0.5, 0.6) is 0 Å². The Morgan fingerprint density at radius 2 is 2.00 bits per heavy atom. The van der Waals surface area contributed by atoms with Crippen LogP contribution in [0, 0.1) is 0 Å². The van der Waals surface area contributed by atoms with Gasteiger partial charge in [0.25, 0.3) is 5.56 Å². The summed E-state index contributed by atoms with van der Waals surface area (Å²) in [5.74, 6) is 1.11. The number of aromatic nitrogens is 3. The predicted molar refractivity (Wildman–Crippen MR) is 157 cm³/mol. The number of fused-ring (bicyclic) bond motifs is 1. The maximum Gasteiger partial charge on any atom is 0.264 e. The van der Waals surface area contributed by atoms with Crippen molar-refractivity contribution >= 4 is 57.3 Å². The number of nitrogens with one attached hydrogen (secondary N) is 3. The van der Waals surface area contributed by atoms with Crippen LogP contribution >= 0.6 is 35.3 Å². The molecule has 3 N–H and O–H groups in total. The van der Waals surface area contributed by atoms with Crippen molar-refractivity contribution in [3.8, 4) is 10.6 Å². The van der Waals surface area contributed by atoms with Gasteiger partial charge in [-0.3, -0.25) is 9.78 Å². The number of aromatic amines is 1. The third kappa shape index (κ3) is 5.39. The Kier molecular flexibility index (Phi) is 7.93. The lowest BCUT2D eigenvalue weighted by molar-refractivity contribution is -0.0470. The first kappa shape index (κ1) is 26.9. The summed E-state index contributed by atoms with van der Waals surface area (Å²) in [5, 5.41) is 8.36. The van der Waals surface area contributed by atoms with Gasteiger partial charge in [0, 0.05) is 24.2 Å². The van der Waals surface area contributed by atoms with Gasteiger partial charge in [-0.2, -0.15) is 4.98 Å². The zero-order chi connectivity index (χ0) is 25.4. The van der Waals surface area contributed by atoms with Gasteiger partial charge in [0.15, 0.2) is 0 Å². The molecule has 2 saturated heterocycles. The molecule has 6 rings (SSSR count). The molecular weight excluding hydrogens is 543 g/mol. The molecule has 0 amide bonds. The van der Waals surface area contributed by atoms with Crippen LogP contribution in [0.1, 0.15) is 25.3 Å². The van der Waals surface area contributed by atoms with Crippen LogP contribution in [0.2, 0.25) is 5.02 Å². The van der Waals surface area contributed by atoms with Crippen LogP contribution in [-0.4, -0.2) is 53.8 Å². The second-order valence-electron chi connectivity index (χ2n) is 9.80. The fourth-order valence-corrected chi connectivity index (χ4v) is 6.22. The normalized spacial score (nSPS) is 21.7. The van der Waals surface area contributed by atoms with Gasteiger partial charge in [-0.05, 0) is 56.1 Å². The first-order chi connectivity index (χ1) is 18.0. The second kappa shape index (κ2) is 11.2. The van der Waals surface area contributed by atoms with E-state index in [1.54, 1.807) is 0 Å². The van der Waals surface area contributed by atoms with Crippen LogP contribution in [0.3, 0.4) is 0 Å². The minimum absolute atomic E-state index is 0. The van der Waals surface area contributed by atoms with Gasteiger partial charge < -0.3 is 20.3 Å². The molecule has 2 unspecified atom stereocenters. The number of H-pyrrole nitrogens is 1. The summed E-state index contributed by atoms with van der Waals surface area (Å²) in [6, 6.07) is 15.8. The monoisotopic (exact) mass is 572 g/mol. The summed E-state index contributed by atoms with van der Waals surface area (Å²) < 4.78 is 7.26. The van der Waals surface area contributed by atoms with Crippen LogP contribution in [0.15, 0.2) is 53.3 Å². The first-order valence-electron chi connectivity index (χ1n) is 12.6. The van der Waals surface area contributed by atoms with Crippen LogP contribution < -0.4 is 21.1 Å². The summed E-state index contributed by atoms with van der Waals surface area (Å²) in [4.78, 5) is 28.5. The molecule has 2 aliphatic rings. The fourth-order valence-electron chi connectivity index (χ4n) is 5.09. The Morgan fingerprint density at radius 3 is 2.76 bits per heavy atom. The van der Waals surface area contributed by atoms with Crippen LogP contribution in [-0.2, 0) is 10.3 Å². The third-order valence-corrected chi connectivity index (χ3v) is 8.39. The van der Waals surface area contributed by atoms with Gasteiger partial charge in [-0.1, -0.05) is 35.9 Å². The van der Waals surface area contributed by atoms with Crippen molar-refractivity contribution in [3.05, 3.63) is 69.5 Å². The lowest BCUT2D eigenvalue weighted by Crippen LogP contribution is -2.49. The molecule has 2 atom stereocenters. The van der Waals surface area contributed by atoms with Gasteiger partial charge >= 0.3 is 0 Å². The van der Waals surface area contributed by atoms with Crippen molar-refractivity contribution in [2.24, 2.45) is 0 Å². The maximum absolute atomic E-state index is 13.6. The van der Waals surface area contributed by atoms with E-state index < -0.39 is 5.60 Å². The summed E-state index contributed by atoms with van der Waals surface area (Å²) in [5.41, 5.74) is 1.64. The standard InChI is InChI=1S/C27H29ClN6O2S.ClH/c1-27(17-8-10-18(28)11-9-17)16-34(13-14-36-27)26-32-23(30-19-5-4-12-29-15-19)22(24(35)33-26)25-31-20-6-2-3-7-21(20)37-25;/h2-3,6-11,19,29H,4-5,12-16H2,1H3,(H2,30,32,33,35);1H. The van der Waals surface area contributed by atoms with Crippen molar-refractivity contribution in [1.82, 2.24) is 20.3 Å². The summed E-state index contributed by atoms with van der Waals surface area (Å²) in [7, 11) is 0. The predicted octanol–water partition coefficient (Wildman–Crippen LogP) is 5.04. The minimum atomic E-state index is -0.562. The molecule has 2 aromatic heterocycles. The number of rotatable bonds is 5. The highest BCUT2D eigenvalue weighted by atomic mass is 35.5. The molecule has 4 heterocycles. The molecule has 0 spiro atoms. The van der Waals surface area contributed by atoms with E-state index in [0.29, 0.717) is 47.1 Å². The van der Waals surface area contributed by atoms with Crippen LogP contribution in [0.25, 0.3) is 20.8 Å². The number of hydrogen-bond donors (Lipinski definition) is 3. The molecule has 0 radical (unpaired) electrons. The molecule has 11 heteroatoms. The number of nitrogens with zero attached hydrogens (tertiary/aromatic N) is 3. The molecule has 0 bridgehead atoms. The largest absolute Gasteiger partial charge is 0.367 e. The zero-order valence-electron chi connectivity index (χ0n) is 21.0. The highest BCUT2D eigenvalue weighted by Crippen LogP contribution is 2.35. The van der Waals surface area contributed by atoms with E-state index in [1.165, 1.54) is 11.3 Å². The summed E-state index contributed by atoms with van der Waals surface area (Å²) >= 11 is 7.62. The van der Waals surface area contributed by atoms with E-state index in [0.717, 1.165) is 41.7 Å². The van der Waals surface area contributed by atoms with Gasteiger partial charge in [0.05, 0.1) is 23.4 Å². The Morgan fingerprint density at radius 1 is 1.18 bits per heavy atom. The number of ether oxygens (including phenoxy) is 1. The van der Waals surface area contributed by atoms with E-state index in [9.17, 15) is 4.79 Å². The molecule has 2 fully saturated rings. The molecule has 2 aromatic carbocycles. The summed E-state index contributed by atoms with van der Waals surface area (Å²) in [6.45, 7) is 5.57. The van der Waals surface area contributed by atoms with Crippen molar-refractivity contribution in [2.75, 3.05) is 43.0 Å². The Labute approximate surface area is 236 Å². The smallest absolute Gasteiger partial charge is 0.264 e. The molecule has 0 saturated carbocycles. The van der Waals surface area contributed by atoms with Gasteiger partial charge in [0.1, 0.15) is 22.0 Å².